The van der Waals surface area contributed by atoms with Crippen LogP contribution >= 0.6 is 11.8 Å². The van der Waals surface area contributed by atoms with Gasteiger partial charge in [0.25, 0.3) is 0 Å². The molecule has 0 saturated heterocycles. The van der Waals surface area contributed by atoms with Crippen molar-refractivity contribution in [2.24, 2.45) is 0 Å². The maximum absolute atomic E-state index is 11.9. The van der Waals surface area contributed by atoms with Gasteiger partial charge in [0.15, 0.2) is 5.78 Å². The van der Waals surface area contributed by atoms with Crippen LogP contribution in [-0.4, -0.2) is 29.6 Å². The Morgan fingerprint density at radius 1 is 1.35 bits per heavy atom. The second-order valence-corrected chi connectivity index (χ2v) is 5.67. The third kappa shape index (κ3) is 4.02. The summed E-state index contributed by atoms with van der Waals surface area (Å²) in [5, 5.41) is 0. The lowest BCUT2D eigenvalue weighted by Crippen LogP contribution is -1.98. The Labute approximate surface area is 108 Å². The summed E-state index contributed by atoms with van der Waals surface area (Å²) in [6, 6.07) is 6.83. The molecule has 0 aliphatic carbocycles. The average Bonchev–Trinajstić information content (AvgIpc) is 2.35. The number of ketones is 1. The molecule has 0 aliphatic heterocycles. The number of methoxy groups -OCH3 is 1. The number of ether oxygens (including phenoxy) is 1. The zero-order chi connectivity index (χ0) is 12.8. The van der Waals surface area contributed by atoms with Gasteiger partial charge in [-0.2, -0.15) is 0 Å². The predicted octanol–water partition coefficient (Wildman–Crippen LogP) is 2.46. The molecule has 0 spiro atoms. The van der Waals surface area contributed by atoms with Crippen molar-refractivity contribution in [1.29, 1.82) is 0 Å². The smallest absolute Gasteiger partial charge is 0.187 e. The van der Waals surface area contributed by atoms with Crippen LogP contribution in [0.1, 0.15) is 10.4 Å². The van der Waals surface area contributed by atoms with E-state index in [0.29, 0.717) is 15.6 Å². The van der Waals surface area contributed by atoms with E-state index in [-0.39, 0.29) is 5.78 Å². The Hall–Kier alpha value is -1.07. The second kappa shape index (κ2) is 6.61. The molecule has 0 saturated carbocycles. The SMILES string of the molecule is COc1ccc(C(=O)/C=C(\SC)S(C)=O)cc1. The number of carbonyl (C=O) groups is 1. The standard InChI is InChI=1S/C12H14O3S2/c1-15-10-6-4-9(5-7-10)11(13)8-12(16-2)17(3)14/h4-8H,1-3H3/b12-8+. The van der Waals surface area contributed by atoms with Gasteiger partial charge in [0.2, 0.25) is 0 Å². The minimum Gasteiger partial charge on any atom is -0.497 e. The maximum atomic E-state index is 11.9. The first-order chi connectivity index (χ1) is 8.08. The van der Waals surface area contributed by atoms with Crippen molar-refractivity contribution < 1.29 is 13.7 Å². The minimum absolute atomic E-state index is 0.146. The molecule has 1 unspecified atom stereocenters. The number of hydrogen-bond acceptors (Lipinski definition) is 4. The summed E-state index contributed by atoms with van der Waals surface area (Å²) >= 11 is 1.32. The fraction of sp³-hybridized carbons (Fsp3) is 0.250. The summed E-state index contributed by atoms with van der Waals surface area (Å²) in [5.74, 6) is 0.557. The molecule has 0 fully saturated rings. The average molecular weight is 270 g/mol. The van der Waals surface area contributed by atoms with E-state index in [0.717, 1.165) is 0 Å². The first-order valence-corrected chi connectivity index (χ1v) is 7.64. The molecule has 0 N–H and O–H groups in total. The third-order valence-electron chi connectivity index (χ3n) is 2.11. The molecule has 3 nitrogen and oxygen atoms in total. The maximum Gasteiger partial charge on any atom is 0.187 e. The van der Waals surface area contributed by atoms with E-state index in [2.05, 4.69) is 0 Å². The molecule has 0 amide bonds. The Kier molecular flexibility index (Phi) is 5.44. The molecule has 5 heteroatoms. The topological polar surface area (TPSA) is 43.4 Å². The summed E-state index contributed by atoms with van der Waals surface area (Å²) in [6.07, 6.45) is 4.78. The minimum atomic E-state index is -1.13. The van der Waals surface area contributed by atoms with Crippen LogP contribution in [0, 0.1) is 0 Å². The molecule has 0 aromatic heterocycles. The largest absolute Gasteiger partial charge is 0.497 e. The fourth-order valence-electron chi connectivity index (χ4n) is 1.20. The van der Waals surface area contributed by atoms with Crippen LogP contribution in [0.4, 0.5) is 0 Å². The zero-order valence-corrected chi connectivity index (χ0v) is 11.6. The highest BCUT2D eigenvalue weighted by molar-refractivity contribution is 8.15. The van der Waals surface area contributed by atoms with Crippen LogP contribution in [-0.2, 0) is 10.8 Å². The van der Waals surface area contributed by atoms with Crippen molar-refractivity contribution in [2.45, 2.75) is 0 Å². The fourth-order valence-corrected chi connectivity index (χ4v) is 2.64. The quantitative estimate of drug-likeness (QED) is 0.609. The number of benzene rings is 1. The summed E-state index contributed by atoms with van der Waals surface area (Å²) < 4.78 is 16.9. The van der Waals surface area contributed by atoms with E-state index in [1.54, 1.807) is 43.9 Å². The summed E-state index contributed by atoms with van der Waals surface area (Å²) in [5.41, 5.74) is 0.558. The van der Waals surface area contributed by atoms with Crippen molar-refractivity contribution in [3.8, 4) is 5.75 Å². The second-order valence-electron chi connectivity index (χ2n) is 3.21. The summed E-state index contributed by atoms with van der Waals surface area (Å²) in [6.45, 7) is 0. The molecule has 1 aromatic rings. The lowest BCUT2D eigenvalue weighted by Gasteiger charge is -2.02. The molecule has 1 aromatic carbocycles. The van der Waals surface area contributed by atoms with Gasteiger partial charge in [0.05, 0.1) is 22.1 Å². The molecule has 1 atom stereocenters. The molecule has 0 heterocycles. The first-order valence-electron chi connectivity index (χ1n) is 4.86. The number of rotatable bonds is 5. The van der Waals surface area contributed by atoms with E-state index in [1.807, 2.05) is 0 Å². The van der Waals surface area contributed by atoms with Crippen LogP contribution in [0.3, 0.4) is 0 Å². The Bertz CT molecular complexity index is 449. The number of hydrogen-bond donors (Lipinski definition) is 0. The summed E-state index contributed by atoms with van der Waals surface area (Å²) in [4.78, 5) is 11.9. The zero-order valence-electron chi connectivity index (χ0n) is 9.93. The Balaban J connectivity index is 2.92. The van der Waals surface area contributed by atoms with Gasteiger partial charge in [0, 0.05) is 17.9 Å². The van der Waals surface area contributed by atoms with E-state index in [4.69, 9.17) is 4.74 Å². The monoisotopic (exact) mass is 270 g/mol. The van der Waals surface area contributed by atoms with Crippen LogP contribution in [0.2, 0.25) is 0 Å². The van der Waals surface area contributed by atoms with Gasteiger partial charge in [-0.3, -0.25) is 9.00 Å². The summed E-state index contributed by atoms with van der Waals surface area (Å²) in [7, 11) is 0.447. The highest BCUT2D eigenvalue weighted by Gasteiger charge is 2.07. The first kappa shape index (κ1) is 14.0. The van der Waals surface area contributed by atoms with Gasteiger partial charge in [-0.05, 0) is 30.5 Å². The number of allylic oxidation sites excluding steroid dienone is 1. The molecule has 92 valence electrons. The van der Waals surface area contributed by atoms with Gasteiger partial charge in [-0.1, -0.05) is 0 Å². The van der Waals surface area contributed by atoms with Gasteiger partial charge >= 0.3 is 0 Å². The van der Waals surface area contributed by atoms with Gasteiger partial charge < -0.3 is 4.74 Å². The van der Waals surface area contributed by atoms with Crippen molar-refractivity contribution in [1.82, 2.24) is 0 Å². The van der Waals surface area contributed by atoms with Crippen LogP contribution < -0.4 is 4.74 Å². The van der Waals surface area contributed by atoms with E-state index < -0.39 is 10.8 Å². The lowest BCUT2D eigenvalue weighted by atomic mass is 10.1. The van der Waals surface area contributed by atoms with Crippen LogP contribution in [0.5, 0.6) is 5.75 Å². The molecule has 0 radical (unpaired) electrons. The highest BCUT2D eigenvalue weighted by atomic mass is 32.2. The van der Waals surface area contributed by atoms with Crippen molar-refractivity contribution in [3.63, 3.8) is 0 Å². The highest BCUT2D eigenvalue weighted by Crippen LogP contribution is 2.17. The normalized spacial score (nSPS) is 13.2. The lowest BCUT2D eigenvalue weighted by molar-refractivity contribution is 0.104. The molecule has 0 bridgehead atoms. The number of carbonyl (C=O) groups excluding carboxylic acids is 1. The van der Waals surface area contributed by atoms with E-state index >= 15 is 0 Å². The van der Waals surface area contributed by atoms with Gasteiger partial charge in [0.1, 0.15) is 5.75 Å². The van der Waals surface area contributed by atoms with Gasteiger partial charge in [-0.25, -0.2) is 0 Å². The molecular weight excluding hydrogens is 256 g/mol. The van der Waals surface area contributed by atoms with Gasteiger partial charge in [-0.15, -0.1) is 11.8 Å². The molecule has 0 aliphatic rings. The Morgan fingerprint density at radius 2 is 1.94 bits per heavy atom. The van der Waals surface area contributed by atoms with Crippen LogP contribution in [0.25, 0.3) is 0 Å². The van der Waals surface area contributed by atoms with Crippen molar-refractivity contribution in [2.75, 3.05) is 19.6 Å². The Morgan fingerprint density at radius 3 is 2.35 bits per heavy atom. The third-order valence-corrected chi connectivity index (χ3v) is 4.52. The van der Waals surface area contributed by atoms with Crippen molar-refractivity contribution >= 4 is 28.3 Å². The van der Waals surface area contributed by atoms with Crippen molar-refractivity contribution in [3.05, 3.63) is 40.1 Å². The van der Waals surface area contributed by atoms with Crippen LogP contribution in [0.15, 0.2) is 34.6 Å². The molecule has 17 heavy (non-hydrogen) atoms. The number of thioether (sulfide) groups is 1. The predicted molar refractivity (Wildman–Crippen MR) is 73.0 cm³/mol. The van der Waals surface area contributed by atoms with E-state index in [1.165, 1.54) is 17.8 Å². The molecular formula is C12H14O3S2. The van der Waals surface area contributed by atoms with E-state index in [9.17, 15) is 9.00 Å². The molecule has 1 rings (SSSR count).